The van der Waals surface area contributed by atoms with Gasteiger partial charge < -0.3 is 5.32 Å². The molecule has 0 fully saturated rings. The van der Waals surface area contributed by atoms with Crippen LogP contribution < -0.4 is 5.32 Å². The molecule has 2 heterocycles. The van der Waals surface area contributed by atoms with Gasteiger partial charge in [-0.1, -0.05) is 41.9 Å². The van der Waals surface area contributed by atoms with Crippen LogP contribution in [-0.2, 0) is 0 Å². The Labute approximate surface area is 126 Å². The van der Waals surface area contributed by atoms with Crippen molar-refractivity contribution >= 4 is 28.6 Å². The van der Waals surface area contributed by atoms with E-state index >= 15 is 0 Å². The lowest BCUT2D eigenvalue weighted by Gasteiger charge is -2.18. The van der Waals surface area contributed by atoms with Crippen molar-refractivity contribution in [3.63, 3.8) is 0 Å². The molecule has 0 aliphatic heterocycles. The van der Waals surface area contributed by atoms with Crippen LogP contribution in [0.3, 0.4) is 0 Å². The number of nitrogens with zero attached hydrogens (tertiary/aromatic N) is 2. The van der Waals surface area contributed by atoms with E-state index < -0.39 is 0 Å². The Hall–Kier alpha value is -1.91. The van der Waals surface area contributed by atoms with Crippen LogP contribution in [0.5, 0.6) is 0 Å². The average molecular weight is 302 g/mol. The SMILES string of the molecule is Clc1cc(NC(c2ccccc2)c2nccs2)ccn1. The molecule has 1 N–H and O–H groups in total. The summed E-state index contributed by atoms with van der Waals surface area (Å²) in [6, 6.07) is 13.9. The summed E-state index contributed by atoms with van der Waals surface area (Å²) >= 11 is 7.56. The first-order chi connectivity index (χ1) is 9.83. The Morgan fingerprint density at radius 1 is 1.05 bits per heavy atom. The lowest BCUT2D eigenvalue weighted by molar-refractivity contribution is 0.920. The van der Waals surface area contributed by atoms with Gasteiger partial charge in [-0.05, 0) is 17.7 Å². The molecule has 0 amide bonds. The van der Waals surface area contributed by atoms with E-state index in [1.54, 1.807) is 17.5 Å². The Kier molecular flexibility index (Phi) is 3.95. The molecule has 100 valence electrons. The molecule has 0 radical (unpaired) electrons. The largest absolute Gasteiger partial charge is 0.372 e. The third-order valence-electron chi connectivity index (χ3n) is 2.87. The lowest BCUT2D eigenvalue weighted by Crippen LogP contribution is -2.12. The highest BCUT2D eigenvalue weighted by atomic mass is 35.5. The molecule has 1 unspecified atom stereocenters. The second kappa shape index (κ2) is 6.03. The summed E-state index contributed by atoms with van der Waals surface area (Å²) in [5, 5.41) is 6.93. The number of pyridine rings is 1. The number of thiazole rings is 1. The van der Waals surface area contributed by atoms with Gasteiger partial charge in [0.2, 0.25) is 0 Å². The second-order valence-electron chi connectivity index (χ2n) is 4.23. The number of nitrogens with one attached hydrogen (secondary N) is 1. The molecule has 0 bridgehead atoms. The molecule has 0 saturated carbocycles. The third-order valence-corrected chi connectivity index (χ3v) is 3.92. The molecular weight excluding hydrogens is 290 g/mol. The van der Waals surface area contributed by atoms with Crippen LogP contribution in [0.25, 0.3) is 0 Å². The van der Waals surface area contributed by atoms with Gasteiger partial charge in [0.1, 0.15) is 16.2 Å². The molecular formula is C15H12ClN3S. The molecule has 3 nitrogen and oxygen atoms in total. The van der Waals surface area contributed by atoms with Crippen LogP contribution in [0.2, 0.25) is 5.15 Å². The summed E-state index contributed by atoms with van der Waals surface area (Å²) in [5.41, 5.74) is 2.09. The molecule has 0 aliphatic rings. The fourth-order valence-electron chi connectivity index (χ4n) is 1.97. The molecule has 3 rings (SSSR count). The lowest BCUT2D eigenvalue weighted by atomic mass is 10.1. The predicted octanol–water partition coefficient (Wildman–Crippen LogP) is 4.39. The van der Waals surface area contributed by atoms with Gasteiger partial charge >= 0.3 is 0 Å². The van der Waals surface area contributed by atoms with Gasteiger partial charge in [0.05, 0.1) is 0 Å². The van der Waals surface area contributed by atoms with Crippen LogP contribution in [0.4, 0.5) is 5.69 Å². The molecule has 3 aromatic rings. The van der Waals surface area contributed by atoms with Crippen molar-refractivity contribution in [1.82, 2.24) is 9.97 Å². The minimum Gasteiger partial charge on any atom is -0.372 e. The zero-order chi connectivity index (χ0) is 13.8. The fraction of sp³-hybridized carbons (Fsp3) is 0.0667. The van der Waals surface area contributed by atoms with Crippen molar-refractivity contribution in [3.05, 3.63) is 76.0 Å². The standard InChI is InChI=1S/C15H12ClN3S/c16-13-10-12(6-7-17-13)19-14(15-18-8-9-20-15)11-4-2-1-3-5-11/h1-10,14H,(H,17,19). The van der Waals surface area contributed by atoms with Crippen molar-refractivity contribution in [2.75, 3.05) is 5.32 Å². The molecule has 2 aromatic heterocycles. The number of hydrogen-bond donors (Lipinski definition) is 1. The average Bonchev–Trinajstić information content (AvgIpc) is 3.00. The van der Waals surface area contributed by atoms with E-state index in [1.807, 2.05) is 41.9 Å². The van der Waals surface area contributed by atoms with E-state index in [4.69, 9.17) is 11.6 Å². The molecule has 0 aliphatic carbocycles. The van der Waals surface area contributed by atoms with Crippen molar-refractivity contribution in [2.45, 2.75) is 6.04 Å². The molecule has 0 spiro atoms. The summed E-state index contributed by atoms with van der Waals surface area (Å²) < 4.78 is 0. The summed E-state index contributed by atoms with van der Waals surface area (Å²) in [4.78, 5) is 8.41. The first-order valence-electron chi connectivity index (χ1n) is 6.15. The maximum absolute atomic E-state index is 5.94. The van der Waals surface area contributed by atoms with E-state index in [-0.39, 0.29) is 6.04 Å². The Morgan fingerprint density at radius 2 is 1.90 bits per heavy atom. The number of rotatable bonds is 4. The van der Waals surface area contributed by atoms with E-state index in [2.05, 4.69) is 27.4 Å². The molecule has 1 aromatic carbocycles. The zero-order valence-corrected chi connectivity index (χ0v) is 12.1. The maximum Gasteiger partial charge on any atom is 0.131 e. The van der Waals surface area contributed by atoms with Crippen molar-refractivity contribution in [3.8, 4) is 0 Å². The predicted molar refractivity (Wildman–Crippen MR) is 83.3 cm³/mol. The quantitative estimate of drug-likeness (QED) is 0.726. The van der Waals surface area contributed by atoms with Crippen LogP contribution >= 0.6 is 22.9 Å². The minimum atomic E-state index is 0.00895. The number of halogens is 1. The van der Waals surface area contributed by atoms with Crippen LogP contribution in [0, 0.1) is 0 Å². The topological polar surface area (TPSA) is 37.8 Å². The number of aromatic nitrogens is 2. The van der Waals surface area contributed by atoms with Gasteiger partial charge in [-0.15, -0.1) is 11.3 Å². The van der Waals surface area contributed by atoms with Gasteiger partial charge in [0.25, 0.3) is 0 Å². The highest BCUT2D eigenvalue weighted by Gasteiger charge is 2.16. The highest BCUT2D eigenvalue weighted by molar-refractivity contribution is 7.09. The molecule has 5 heteroatoms. The summed E-state index contributed by atoms with van der Waals surface area (Å²) in [5.74, 6) is 0. The monoisotopic (exact) mass is 301 g/mol. The van der Waals surface area contributed by atoms with E-state index in [1.165, 1.54) is 0 Å². The highest BCUT2D eigenvalue weighted by Crippen LogP contribution is 2.28. The van der Waals surface area contributed by atoms with Crippen molar-refractivity contribution in [1.29, 1.82) is 0 Å². The Balaban J connectivity index is 1.95. The maximum atomic E-state index is 5.94. The minimum absolute atomic E-state index is 0.00895. The van der Waals surface area contributed by atoms with Crippen LogP contribution in [0.1, 0.15) is 16.6 Å². The second-order valence-corrected chi connectivity index (χ2v) is 5.54. The van der Waals surface area contributed by atoms with Gasteiger partial charge in [0, 0.05) is 23.5 Å². The van der Waals surface area contributed by atoms with Gasteiger partial charge in [-0.2, -0.15) is 0 Å². The van der Waals surface area contributed by atoms with E-state index in [0.29, 0.717) is 5.15 Å². The summed E-state index contributed by atoms with van der Waals surface area (Å²) in [6.45, 7) is 0. The number of anilines is 1. The van der Waals surface area contributed by atoms with Gasteiger partial charge in [0.15, 0.2) is 0 Å². The summed E-state index contributed by atoms with van der Waals surface area (Å²) in [7, 11) is 0. The van der Waals surface area contributed by atoms with Crippen molar-refractivity contribution in [2.24, 2.45) is 0 Å². The van der Waals surface area contributed by atoms with E-state index in [0.717, 1.165) is 16.3 Å². The first-order valence-corrected chi connectivity index (χ1v) is 7.41. The molecule has 20 heavy (non-hydrogen) atoms. The Morgan fingerprint density at radius 3 is 2.60 bits per heavy atom. The zero-order valence-electron chi connectivity index (χ0n) is 10.5. The normalized spacial score (nSPS) is 12.1. The van der Waals surface area contributed by atoms with Crippen LogP contribution in [0.15, 0.2) is 60.2 Å². The smallest absolute Gasteiger partial charge is 0.131 e. The first kappa shape index (κ1) is 13.1. The molecule has 1 atom stereocenters. The van der Waals surface area contributed by atoms with Crippen molar-refractivity contribution < 1.29 is 0 Å². The van der Waals surface area contributed by atoms with E-state index in [9.17, 15) is 0 Å². The summed E-state index contributed by atoms with van der Waals surface area (Å²) in [6.07, 6.45) is 3.51. The Bertz CT molecular complexity index is 671. The van der Waals surface area contributed by atoms with Crippen LogP contribution in [-0.4, -0.2) is 9.97 Å². The number of benzene rings is 1. The fourth-order valence-corrected chi connectivity index (χ4v) is 2.86. The molecule has 0 saturated heterocycles. The van der Waals surface area contributed by atoms with Gasteiger partial charge in [-0.3, -0.25) is 0 Å². The number of hydrogen-bond acceptors (Lipinski definition) is 4. The van der Waals surface area contributed by atoms with Gasteiger partial charge in [-0.25, -0.2) is 9.97 Å². The third kappa shape index (κ3) is 2.98.